The van der Waals surface area contributed by atoms with Crippen molar-refractivity contribution in [3.05, 3.63) is 80.3 Å². The molecule has 0 radical (unpaired) electrons. The number of hydrogen-bond acceptors (Lipinski definition) is 8. The molecular weight excluding hydrogens is 569 g/mol. The Bertz CT molecular complexity index is 1540. The van der Waals surface area contributed by atoms with Gasteiger partial charge in [0.1, 0.15) is 10.7 Å². The van der Waals surface area contributed by atoms with Crippen LogP contribution >= 0.6 is 46.8 Å². The summed E-state index contributed by atoms with van der Waals surface area (Å²) in [5.74, 6) is -0.601. The van der Waals surface area contributed by atoms with Gasteiger partial charge in [0.05, 0.1) is 44.1 Å². The Hall–Kier alpha value is -3.35. The van der Waals surface area contributed by atoms with Crippen LogP contribution in [0.25, 0.3) is 20.8 Å². The van der Waals surface area contributed by atoms with E-state index in [0.717, 1.165) is 10.2 Å². The topological polar surface area (TPSA) is 110 Å². The number of thiazole rings is 1. The number of morpholine rings is 1. The highest BCUT2D eigenvalue weighted by Gasteiger charge is 2.24. The van der Waals surface area contributed by atoms with Gasteiger partial charge in [-0.3, -0.25) is 20.2 Å². The van der Waals surface area contributed by atoms with E-state index in [9.17, 15) is 14.9 Å². The molecule has 1 aliphatic heterocycles. The lowest BCUT2D eigenvalue weighted by Crippen LogP contribution is -2.37. The molecule has 2 heterocycles. The van der Waals surface area contributed by atoms with E-state index in [4.69, 9.17) is 40.2 Å². The van der Waals surface area contributed by atoms with Gasteiger partial charge < -0.3 is 15.0 Å². The fourth-order valence-corrected chi connectivity index (χ4v) is 5.78. The second-order valence-electron chi connectivity index (χ2n) is 8.27. The summed E-state index contributed by atoms with van der Waals surface area (Å²) in [6.07, 6.45) is 0. The normalized spacial score (nSPS) is 13.4. The fourth-order valence-electron chi connectivity index (χ4n) is 4.01. The lowest BCUT2D eigenvalue weighted by molar-refractivity contribution is -0.384. The van der Waals surface area contributed by atoms with Crippen molar-refractivity contribution >= 4 is 85.1 Å². The van der Waals surface area contributed by atoms with E-state index in [1.165, 1.54) is 23.5 Å². The first-order valence-corrected chi connectivity index (χ1v) is 13.4. The summed E-state index contributed by atoms with van der Waals surface area (Å²) in [6, 6.07) is 15.4. The molecule has 0 unspecified atom stereocenters. The van der Waals surface area contributed by atoms with Crippen LogP contribution in [0, 0.1) is 10.1 Å². The number of halogens is 2. The highest BCUT2D eigenvalue weighted by atomic mass is 35.5. The first kappa shape index (κ1) is 26.3. The van der Waals surface area contributed by atoms with Crippen LogP contribution in [-0.2, 0) is 4.74 Å². The average Bonchev–Trinajstić information content (AvgIpc) is 3.34. The molecule has 2 N–H and O–H groups in total. The van der Waals surface area contributed by atoms with E-state index in [-0.39, 0.29) is 16.4 Å². The average molecular weight is 588 g/mol. The Morgan fingerprint density at radius 3 is 2.61 bits per heavy atom. The molecule has 5 rings (SSSR count). The monoisotopic (exact) mass is 587 g/mol. The molecule has 0 aliphatic carbocycles. The van der Waals surface area contributed by atoms with Gasteiger partial charge >= 0.3 is 0 Å². The predicted octanol–water partition coefficient (Wildman–Crippen LogP) is 6.14. The number of hydrogen-bond donors (Lipinski definition) is 2. The Kier molecular flexibility index (Phi) is 7.73. The zero-order valence-corrected chi connectivity index (χ0v) is 22.7. The van der Waals surface area contributed by atoms with Crippen molar-refractivity contribution in [2.75, 3.05) is 36.5 Å². The number of nitrogens with zero attached hydrogens (tertiary/aromatic N) is 3. The molecule has 4 aromatic rings. The third kappa shape index (κ3) is 5.57. The van der Waals surface area contributed by atoms with Gasteiger partial charge in [-0.05, 0) is 48.6 Å². The van der Waals surface area contributed by atoms with E-state index in [2.05, 4.69) is 15.6 Å². The van der Waals surface area contributed by atoms with Crippen LogP contribution in [0.5, 0.6) is 0 Å². The maximum absolute atomic E-state index is 12.9. The smallest absolute Gasteiger partial charge is 0.293 e. The summed E-state index contributed by atoms with van der Waals surface area (Å²) in [4.78, 5) is 30.6. The molecule has 38 heavy (non-hydrogen) atoms. The van der Waals surface area contributed by atoms with Crippen LogP contribution in [0.4, 0.5) is 17.1 Å². The van der Waals surface area contributed by atoms with Crippen LogP contribution in [-0.4, -0.2) is 47.2 Å². The van der Waals surface area contributed by atoms with Crippen molar-refractivity contribution in [3.8, 4) is 10.6 Å². The lowest BCUT2D eigenvalue weighted by Gasteiger charge is -2.28. The third-order valence-electron chi connectivity index (χ3n) is 5.84. The number of nitro groups is 1. The first-order valence-electron chi connectivity index (χ1n) is 11.4. The van der Waals surface area contributed by atoms with Gasteiger partial charge in [-0.2, -0.15) is 0 Å². The Balaban J connectivity index is 1.33. The van der Waals surface area contributed by atoms with E-state index >= 15 is 0 Å². The van der Waals surface area contributed by atoms with E-state index in [1.807, 2.05) is 29.2 Å². The standard InChI is InChI=1S/C25H19Cl2N5O4S2/c26-16-13-17(27)19(12-15(16)24-28-18-3-1-2-4-22(18)38-24)29-25(37)30-23(33)14-5-6-20(21(11-14)32(34)35)31-7-9-36-10-8-31/h1-6,11-13H,7-10H2,(H2,29,30,33,37). The zero-order valence-electron chi connectivity index (χ0n) is 19.6. The molecule has 1 aromatic heterocycles. The maximum atomic E-state index is 12.9. The molecule has 0 saturated carbocycles. The van der Waals surface area contributed by atoms with Crippen LogP contribution < -0.4 is 15.5 Å². The predicted molar refractivity (Wildman–Crippen MR) is 155 cm³/mol. The summed E-state index contributed by atoms with van der Waals surface area (Å²) in [5.41, 5.74) is 2.29. The fraction of sp³-hybridized carbons (Fsp3) is 0.160. The highest BCUT2D eigenvalue weighted by Crippen LogP contribution is 2.39. The summed E-state index contributed by atoms with van der Waals surface area (Å²) in [7, 11) is 0. The molecule has 0 atom stereocenters. The lowest BCUT2D eigenvalue weighted by atomic mass is 10.1. The van der Waals surface area contributed by atoms with Crippen LogP contribution in [0.3, 0.4) is 0 Å². The highest BCUT2D eigenvalue weighted by molar-refractivity contribution is 7.80. The van der Waals surface area contributed by atoms with E-state index in [1.54, 1.807) is 18.2 Å². The molecular formula is C25H19Cl2N5O4S2. The molecule has 0 bridgehead atoms. The van der Waals surface area contributed by atoms with E-state index in [0.29, 0.717) is 58.3 Å². The molecule has 0 spiro atoms. The summed E-state index contributed by atoms with van der Waals surface area (Å²) in [5, 5.41) is 18.6. The van der Waals surface area contributed by atoms with Crippen molar-refractivity contribution < 1.29 is 14.5 Å². The number of carbonyl (C=O) groups is 1. The minimum atomic E-state index is -0.601. The maximum Gasteiger partial charge on any atom is 0.293 e. The molecule has 13 heteroatoms. The number of thiocarbonyl (C=S) groups is 1. The summed E-state index contributed by atoms with van der Waals surface area (Å²) in [6.45, 7) is 2.02. The summed E-state index contributed by atoms with van der Waals surface area (Å²) >= 11 is 19.7. The molecule has 3 aromatic carbocycles. The number of nitro benzene ring substituents is 1. The number of carbonyl (C=O) groups excluding carboxylic acids is 1. The van der Waals surface area contributed by atoms with Crippen molar-refractivity contribution in [2.45, 2.75) is 0 Å². The minimum absolute atomic E-state index is 0.0330. The summed E-state index contributed by atoms with van der Waals surface area (Å²) < 4.78 is 6.33. The van der Waals surface area contributed by atoms with Gasteiger partial charge in [-0.15, -0.1) is 11.3 Å². The number of aromatic nitrogens is 1. The molecule has 1 fully saturated rings. The minimum Gasteiger partial charge on any atom is -0.378 e. The van der Waals surface area contributed by atoms with Gasteiger partial charge in [-0.1, -0.05) is 35.3 Å². The molecule has 1 aliphatic rings. The second kappa shape index (κ2) is 11.2. The van der Waals surface area contributed by atoms with Gasteiger partial charge in [0.25, 0.3) is 11.6 Å². The Labute approximate surface area is 236 Å². The number of nitrogens with one attached hydrogen (secondary N) is 2. The van der Waals surface area contributed by atoms with Crippen molar-refractivity contribution in [1.82, 2.24) is 10.3 Å². The number of ether oxygens (including phenoxy) is 1. The number of anilines is 2. The first-order chi connectivity index (χ1) is 18.3. The number of benzene rings is 3. The molecule has 1 saturated heterocycles. The van der Waals surface area contributed by atoms with Crippen molar-refractivity contribution in [1.29, 1.82) is 0 Å². The van der Waals surface area contributed by atoms with Gasteiger partial charge in [-0.25, -0.2) is 4.98 Å². The SMILES string of the molecule is O=C(NC(=S)Nc1cc(-c2nc3ccccc3s2)c(Cl)cc1Cl)c1ccc(N2CCOCC2)c([N+](=O)[O-])c1. The number of rotatable bonds is 5. The third-order valence-corrected chi connectivity index (χ3v) is 7.74. The van der Waals surface area contributed by atoms with Gasteiger partial charge in [0.15, 0.2) is 5.11 Å². The Morgan fingerprint density at radius 2 is 1.87 bits per heavy atom. The van der Waals surface area contributed by atoms with Gasteiger partial charge in [0, 0.05) is 30.3 Å². The van der Waals surface area contributed by atoms with Crippen LogP contribution in [0.15, 0.2) is 54.6 Å². The van der Waals surface area contributed by atoms with Crippen molar-refractivity contribution in [2.24, 2.45) is 0 Å². The Morgan fingerprint density at radius 1 is 1.11 bits per heavy atom. The molecule has 9 nitrogen and oxygen atoms in total. The number of amides is 1. The molecule has 194 valence electrons. The zero-order chi connectivity index (χ0) is 26.8. The number of para-hydroxylation sites is 1. The van der Waals surface area contributed by atoms with Crippen molar-refractivity contribution in [3.63, 3.8) is 0 Å². The van der Waals surface area contributed by atoms with Crippen LogP contribution in [0.1, 0.15) is 10.4 Å². The second-order valence-corrected chi connectivity index (χ2v) is 10.5. The van der Waals surface area contributed by atoms with Crippen LogP contribution in [0.2, 0.25) is 10.0 Å². The van der Waals surface area contributed by atoms with Gasteiger partial charge in [0.2, 0.25) is 0 Å². The molecule has 1 amide bonds. The number of fused-ring (bicyclic) bond motifs is 1. The quantitative estimate of drug-likeness (QED) is 0.163. The largest absolute Gasteiger partial charge is 0.378 e. The van der Waals surface area contributed by atoms with E-state index < -0.39 is 10.8 Å².